The maximum absolute atomic E-state index is 13.9. The third-order valence-corrected chi connectivity index (χ3v) is 3.45. The van der Waals surface area contributed by atoms with E-state index in [1.165, 1.54) is 6.07 Å². The molecule has 0 spiro atoms. The normalized spacial score (nSPS) is 12.3. The Bertz CT molecular complexity index is 761. The van der Waals surface area contributed by atoms with Gasteiger partial charge in [-0.3, -0.25) is 4.79 Å². The van der Waals surface area contributed by atoms with Crippen LogP contribution in [0, 0.1) is 5.82 Å². The van der Waals surface area contributed by atoms with Crippen molar-refractivity contribution in [3.05, 3.63) is 53.3 Å². The molecule has 126 valence electrons. The van der Waals surface area contributed by atoms with Gasteiger partial charge >= 0.3 is 0 Å². The SMILES string of the molecule is CC(C)Oc1ccc(CNC(=O)c2ccc3c(c2)OCO3)cc1F. The lowest BCUT2D eigenvalue weighted by Crippen LogP contribution is -2.22. The number of halogens is 1. The molecular formula is C18H18FNO4. The van der Waals surface area contributed by atoms with E-state index in [-0.39, 0.29) is 31.1 Å². The number of hydrogen-bond donors (Lipinski definition) is 1. The molecule has 24 heavy (non-hydrogen) atoms. The van der Waals surface area contributed by atoms with Crippen LogP contribution in [0.15, 0.2) is 36.4 Å². The van der Waals surface area contributed by atoms with Gasteiger partial charge in [0, 0.05) is 12.1 Å². The minimum absolute atomic E-state index is 0.101. The number of amides is 1. The highest BCUT2D eigenvalue weighted by Crippen LogP contribution is 2.32. The number of rotatable bonds is 5. The van der Waals surface area contributed by atoms with E-state index in [9.17, 15) is 9.18 Å². The van der Waals surface area contributed by atoms with Gasteiger partial charge in [0.15, 0.2) is 23.1 Å². The van der Waals surface area contributed by atoms with Gasteiger partial charge in [0.2, 0.25) is 6.79 Å². The van der Waals surface area contributed by atoms with Crippen LogP contribution in [-0.2, 0) is 6.54 Å². The summed E-state index contributed by atoms with van der Waals surface area (Å²) in [6, 6.07) is 9.62. The summed E-state index contributed by atoms with van der Waals surface area (Å²) in [6.07, 6.45) is -0.101. The molecule has 3 rings (SSSR count). The van der Waals surface area contributed by atoms with Crippen molar-refractivity contribution in [1.29, 1.82) is 0 Å². The van der Waals surface area contributed by atoms with E-state index in [2.05, 4.69) is 5.32 Å². The van der Waals surface area contributed by atoms with Crippen LogP contribution in [0.3, 0.4) is 0 Å². The first-order valence-electron chi connectivity index (χ1n) is 7.66. The molecule has 0 bridgehead atoms. The van der Waals surface area contributed by atoms with E-state index >= 15 is 0 Å². The zero-order chi connectivity index (χ0) is 17.1. The van der Waals surface area contributed by atoms with Crippen LogP contribution in [0.1, 0.15) is 29.8 Å². The quantitative estimate of drug-likeness (QED) is 0.913. The van der Waals surface area contributed by atoms with E-state index in [1.54, 1.807) is 30.3 Å². The minimum Gasteiger partial charge on any atom is -0.488 e. The molecule has 0 saturated heterocycles. The Morgan fingerprint density at radius 2 is 2.00 bits per heavy atom. The Kier molecular flexibility index (Phi) is 4.55. The Morgan fingerprint density at radius 3 is 2.75 bits per heavy atom. The predicted molar refractivity (Wildman–Crippen MR) is 85.9 cm³/mol. The second kappa shape index (κ2) is 6.78. The average Bonchev–Trinajstić information content (AvgIpc) is 3.02. The summed E-state index contributed by atoms with van der Waals surface area (Å²) in [7, 11) is 0. The van der Waals surface area contributed by atoms with Crippen molar-refractivity contribution in [3.8, 4) is 17.2 Å². The number of fused-ring (bicyclic) bond motifs is 1. The van der Waals surface area contributed by atoms with Crippen LogP contribution >= 0.6 is 0 Å². The Balaban J connectivity index is 1.63. The monoisotopic (exact) mass is 331 g/mol. The van der Waals surface area contributed by atoms with Crippen molar-refractivity contribution in [1.82, 2.24) is 5.32 Å². The van der Waals surface area contributed by atoms with Gasteiger partial charge in [0.05, 0.1) is 6.10 Å². The van der Waals surface area contributed by atoms with Gasteiger partial charge in [-0.2, -0.15) is 0 Å². The second-order valence-electron chi connectivity index (χ2n) is 5.68. The van der Waals surface area contributed by atoms with Crippen LogP contribution in [0.2, 0.25) is 0 Å². The number of nitrogens with one attached hydrogen (secondary N) is 1. The van der Waals surface area contributed by atoms with Gasteiger partial charge in [-0.25, -0.2) is 4.39 Å². The molecule has 1 aliphatic rings. The fourth-order valence-corrected chi connectivity index (χ4v) is 2.33. The first kappa shape index (κ1) is 16.1. The summed E-state index contributed by atoms with van der Waals surface area (Å²) >= 11 is 0. The summed E-state index contributed by atoms with van der Waals surface area (Å²) in [6.45, 7) is 4.04. The van der Waals surface area contributed by atoms with Crippen molar-refractivity contribution in [3.63, 3.8) is 0 Å². The van der Waals surface area contributed by atoms with Crippen molar-refractivity contribution in [2.75, 3.05) is 6.79 Å². The zero-order valence-corrected chi connectivity index (χ0v) is 13.5. The van der Waals surface area contributed by atoms with E-state index < -0.39 is 5.82 Å². The molecule has 0 aliphatic carbocycles. The molecule has 1 N–H and O–H groups in total. The molecular weight excluding hydrogens is 313 g/mol. The van der Waals surface area contributed by atoms with Crippen molar-refractivity contribution in [2.45, 2.75) is 26.5 Å². The summed E-state index contributed by atoms with van der Waals surface area (Å²) in [5.41, 5.74) is 1.11. The van der Waals surface area contributed by atoms with Gasteiger partial charge in [-0.15, -0.1) is 0 Å². The molecule has 1 aliphatic heterocycles. The minimum atomic E-state index is -0.446. The molecule has 1 amide bonds. The summed E-state index contributed by atoms with van der Waals surface area (Å²) < 4.78 is 29.7. The Hall–Kier alpha value is -2.76. The smallest absolute Gasteiger partial charge is 0.251 e. The molecule has 6 heteroatoms. The lowest BCUT2D eigenvalue weighted by Gasteiger charge is -2.12. The van der Waals surface area contributed by atoms with E-state index in [0.717, 1.165) is 0 Å². The highest BCUT2D eigenvalue weighted by atomic mass is 19.1. The van der Waals surface area contributed by atoms with Gasteiger partial charge in [0.1, 0.15) is 0 Å². The number of hydrogen-bond acceptors (Lipinski definition) is 4. The molecule has 1 heterocycles. The maximum Gasteiger partial charge on any atom is 0.251 e. The molecule has 0 unspecified atom stereocenters. The molecule has 0 saturated carbocycles. The second-order valence-corrected chi connectivity index (χ2v) is 5.68. The Morgan fingerprint density at radius 1 is 1.21 bits per heavy atom. The summed E-state index contributed by atoms with van der Waals surface area (Å²) in [5.74, 6) is 0.656. The fourth-order valence-electron chi connectivity index (χ4n) is 2.33. The Labute approximate surface area is 139 Å². The topological polar surface area (TPSA) is 56.8 Å². The van der Waals surface area contributed by atoms with Gasteiger partial charge in [-0.05, 0) is 49.7 Å². The van der Waals surface area contributed by atoms with E-state index in [0.29, 0.717) is 22.6 Å². The summed E-state index contributed by atoms with van der Waals surface area (Å²) in [4.78, 5) is 12.2. The van der Waals surface area contributed by atoms with E-state index in [1.807, 2.05) is 13.8 Å². The standard InChI is InChI=1S/C18H18FNO4/c1-11(2)24-15-5-3-12(7-14(15)19)9-20-18(21)13-4-6-16-17(8-13)23-10-22-16/h3-8,11H,9-10H2,1-2H3,(H,20,21). The third kappa shape index (κ3) is 3.59. The molecule has 0 fully saturated rings. The van der Waals surface area contributed by atoms with Gasteiger partial charge in [0.25, 0.3) is 5.91 Å². The summed E-state index contributed by atoms with van der Waals surface area (Å²) in [5, 5.41) is 2.75. The maximum atomic E-state index is 13.9. The molecule has 0 radical (unpaired) electrons. The molecule has 2 aromatic rings. The first-order valence-corrected chi connectivity index (χ1v) is 7.66. The van der Waals surface area contributed by atoms with Gasteiger partial charge in [-0.1, -0.05) is 6.07 Å². The number of benzene rings is 2. The number of ether oxygens (including phenoxy) is 3. The lowest BCUT2D eigenvalue weighted by molar-refractivity contribution is 0.0950. The van der Waals surface area contributed by atoms with Crippen LogP contribution in [0.25, 0.3) is 0 Å². The first-order chi connectivity index (χ1) is 11.5. The fraction of sp³-hybridized carbons (Fsp3) is 0.278. The highest BCUT2D eigenvalue weighted by molar-refractivity contribution is 5.94. The van der Waals surface area contributed by atoms with Crippen molar-refractivity contribution < 1.29 is 23.4 Å². The predicted octanol–water partition coefficient (Wildman–Crippen LogP) is 3.27. The van der Waals surface area contributed by atoms with Crippen LogP contribution in [0.4, 0.5) is 4.39 Å². The molecule has 0 atom stereocenters. The van der Waals surface area contributed by atoms with Crippen LogP contribution in [0.5, 0.6) is 17.2 Å². The third-order valence-electron chi connectivity index (χ3n) is 3.45. The number of carbonyl (C=O) groups is 1. The molecule has 0 aromatic heterocycles. The lowest BCUT2D eigenvalue weighted by atomic mass is 10.1. The van der Waals surface area contributed by atoms with Crippen LogP contribution < -0.4 is 19.5 Å². The van der Waals surface area contributed by atoms with Crippen LogP contribution in [-0.4, -0.2) is 18.8 Å². The molecule has 5 nitrogen and oxygen atoms in total. The van der Waals surface area contributed by atoms with Crippen molar-refractivity contribution >= 4 is 5.91 Å². The van der Waals surface area contributed by atoms with E-state index in [4.69, 9.17) is 14.2 Å². The molecule has 2 aromatic carbocycles. The number of carbonyl (C=O) groups excluding carboxylic acids is 1. The highest BCUT2D eigenvalue weighted by Gasteiger charge is 2.16. The van der Waals surface area contributed by atoms with Crippen molar-refractivity contribution in [2.24, 2.45) is 0 Å². The largest absolute Gasteiger partial charge is 0.488 e. The van der Waals surface area contributed by atoms with Gasteiger partial charge < -0.3 is 19.5 Å². The zero-order valence-electron chi connectivity index (χ0n) is 13.5. The average molecular weight is 331 g/mol.